The topological polar surface area (TPSA) is 17.1 Å². The van der Waals surface area contributed by atoms with E-state index in [0.29, 0.717) is 12.0 Å². The summed E-state index contributed by atoms with van der Waals surface area (Å²) in [6, 6.07) is 4.36. The first-order chi connectivity index (χ1) is 5.68. The van der Waals surface area contributed by atoms with Crippen LogP contribution in [0.25, 0.3) is 0 Å². The standard InChI is InChI=1S/C9H6BrFO/c10-8-3-5-1-2-6(11)4-7(5)9(8)12/h1-2,4,8H,3H2/t8-/m1/s1. The van der Waals surface area contributed by atoms with Crippen molar-refractivity contribution in [3.63, 3.8) is 0 Å². The Hall–Kier alpha value is -0.700. The second-order valence-electron chi connectivity index (χ2n) is 2.84. The van der Waals surface area contributed by atoms with Gasteiger partial charge in [-0.3, -0.25) is 4.79 Å². The van der Waals surface area contributed by atoms with Crippen molar-refractivity contribution < 1.29 is 9.18 Å². The fraction of sp³-hybridized carbons (Fsp3) is 0.222. The Morgan fingerprint density at radius 2 is 2.25 bits per heavy atom. The molecule has 12 heavy (non-hydrogen) atoms. The quantitative estimate of drug-likeness (QED) is 0.624. The lowest BCUT2D eigenvalue weighted by Crippen LogP contribution is -2.06. The van der Waals surface area contributed by atoms with E-state index in [0.717, 1.165) is 5.56 Å². The number of ketones is 1. The molecule has 0 bridgehead atoms. The van der Waals surface area contributed by atoms with E-state index in [1.165, 1.54) is 12.1 Å². The molecule has 1 aromatic carbocycles. The van der Waals surface area contributed by atoms with Gasteiger partial charge in [-0.15, -0.1) is 0 Å². The first kappa shape index (κ1) is 7.92. The molecule has 1 nitrogen and oxygen atoms in total. The first-order valence-corrected chi connectivity index (χ1v) is 4.57. The number of Topliss-reactive ketones (excluding diaryl/α,β-unsaturated/α-hetero) is 1. The van der Waals surface area contributed by atoms with Gasteiger partial charge in [-0.2, -0.15) is 0 Å². The minimum absolute atomic E-state index is 0.00972. The van der Waals surface area contributed by atoms with Crippen molar-refractivity contribution in [1.29, 1.82) is 0 Å². The zero-order valence-electron chi connectivity index (χ0n) is 6.18. The first-order valence-electron chi connectivity index (χ1n) is 3.65. The minimum atomic E-state index is -0.344. The number of benzene rings is 1. The number of fused-ring (bicyclic) bond motifs is 1. The highest BCUT2D eigenvalue weighted by molar-refractivity contribution is 9.10. The van der Waals surface area contributed by atoms with Gasteiger partial charge >= 0.3 is 0 Å². The van der Waals surface area contributed by atoms with E-state index in [1.54, 1.807) is 6.07 Å². The van der Waals surface area contributed by atoms with E-state index < -0.39 is 0 Å². The van der Waals surface area contributed by atoms with Crippen molar-refractivity contribution in [1.82, 2.24) is 0 Å². The summed E-state index contributed by atoms with van der Waals surface area (Å²) in [5.74, 6) is -0.354. The number of alkyl halides is 1. The van der Waals surface area contributed by atoms with Crippen LogP contribution in [-0.4, -0.2) is 10.6 Å². The molecule has 0 aromatic heterocycles. The van der Waals surface area contributed by atoms with Gasteiger partial charge in [0.05, 0.1) is 4.83 Å². The average molecular weight is 229 g/mol. The average Bonchev–Trinajstić information content (AvgIpc) is 2.31. The molecule has 2 rings (SSSR count). The van der Waals surface area contributed by atoms with Gasteiger partial charge in [-0.05, 0) is 24.1 Å². The highest BCUT2D eigenvalue weighted by Gasteiger charge is 2.28. The molecule has 0 unspecified atom stereocenters. The molecule has 3 heteroatoms. The maximum Gasteiger partial charge on any atom is 0.177 e. The minimum Gasteiger partial charge on any atom is -0.293 e. The molecule has 0 amide bonds. The molecule has 1 aromatic rings. The normalized spacial score (nSPS) is 21.2. The summed E-state index contributed by atoms with van der Waals surface area (Å²) >= 11 is 3.24. The van der Waals surface area contributed by atoms with Crippen molar-refractivity contribution in [2.24, 2.45) is 0 Å². The van der Waals surface area contributed by atoms with Gasteiger partial charge in [-0.1, -0.05) is 22.0 Å². The molecule has 0 radical (unpaired) electrons. The number of hydrogen-bond acceptors (Lipinski definition) is 1. The monoisotopic (exact) mass is 228 g/mol. The number of carbonyl (C=O) groups is 1. The number of rotatable bonds is 0. The summed E-state index contributed by atoms with van der Waals surface area (Å²) in [6.45, 7) is 0. The molecule has 0 spiro atoms. The Labute approximate surface area is 77.7 Å². The highest BCUT2D eigenvalue weighted by Crippen LogP contribution is 2.27. The molecule has 62 valence electrons. The van der Waals surface area contributed by atoms with E-state index in [9.17, 15) is 9.18 Å². The van der Waals surface area contributed by atoms with Gasteiger partial charge in [0.25, 0.3) is 0 Å². The molecule has 0 aliphatic heterocycles. The third-order valence-electron chi connectivity index (χ3n) is 2.02. The Kier molecular flexibility index (Phi) is 1.76. The summed E-state index contributed by atoms with van der Waals surface area (Å²) < 4.78 is 12.7. The van der Waals surface area contributed by atoms with Gasteiger partial charge in [0.15, 0.2) is 5.78 Å². The zero-order chi connectivity index (χ0) is 8.72. The van der Waals surface area contributed by atoms with E-state index in [4.69, 9.17) is 0 Å². The van der Waals surface area contributed by atoms with Crippen LogP contribution >= 0.6 is 15.9 Å². The lowest BCUT2D eigenvalue weighted by Gasteiger charge is -1.94. The maximum absolute atomic E-state index is 12.7. The maximum atomic E-state index is 12.7. The van der Waals surface area contributed by atoms with E-state index in [1.807, 2.05) is 0 Å². The van der Waals surface area contributed by atoms with Crippen LogP contribution in [0.5, 0.6) is 0 Å². The summed E-state index contributed by atoms with van der Waals surface area (Å²) in [6.07, 6.45) is 0.675. The van der Waals surface area contributed by atoms with Crippen molar-refractivity contribution >= 4 is 21.7 Å². The Bertz CT molecular complexity index is 348. The van der Waals surface area contributed by atoms with Crippen molar-refractivity contribution in [2.75, 3.05) is 0 Å². The van der Waals surface area contributed by atoms with Crippen LogP contribution in [-0.2, 0) is 6.42 Å². The van der Waals surface area contributed by atoms with Crippen LogP contribution in [0, 0.1) is 5.82 Å². The summed E-state index contributed by atoms with van der Waals surface area (Å²) in [4.78, 5) is 11.2. The predicted molar refractivity (Wildman–Crippen MR) is 47.1 cm³/mol. The van der Waals surface area contributed by atoms with Crippen LogP contribution in [0.3, 0.4) is 0 Å². The van der Waals surface area contributed by atoms with Gasteiger partial charge in [0.1, 0.15) is 5.82 Å². The van der Waals surface area contributed by atoms with Crippen LogP contribution in [0.1, 0.15) is 15.9 Å². The molecular weight excluding hydrogens is 223 g/mol. The fourth-order valence-electron chi connectivity index (χ4n) is 1.41. The predicted octanol–water partition coefficient (Wildman–Crippen LogP) is 2.33. The SMILES string of the molecule is O=C1c2cc(F)ccc2C[C@H]1Br. The van der Waals surface area contributed by atoms with Crippen molar-refractivity contribution in [2.45, 2.75) is 11.2 Å². The molecule has 0 saturated carbocycles. The molecule has 1 aliphatic carbocycles. The van der Waals surface area contributed by atoms with Crippen molar-refractivity contribution in [3.05, 3.63) is 35.1 Å². The molecule has 1 atom stereocenters. The largest absolute Gasteiger partial charge is 0.293 e. The summed E-state index contributed by atoms with van der Waals surface area (Å²) in [5.41, 5.74) is 1.46. The second-order valence-corrected chi connectivity index (χ2v) is 3.94. The second kappa shape index (κ2) is 2.66. The lowest BCUT2D eigenvalue weighted by molar-refractivity contribution is 0.100. The molecule has 0 heterocycles. The van der Waals surface area contributed by atoms with Gasteiger partial charge < -0.3 is 0 Å². The third-order valence-corrected chi connectivity index (χ3v) is 2.76. The number of halogens is 2. The van der Waals surface area contributed by atoms with Crippen molar-refractivity contribution in [3.8, 4) is 0 Å². The molecule has 0 N–H and O–H groups in total. The van der Waals surface area contributed by atoms with Gasteiger partial charge in [0.2, 0.25) is 0 Å². The molecule has 0 fully saturated rings. The fourth-order valence-corrected chi connectivity index (χ4v) is 2.01. The van der Waals surface area contributed by atoms with Crippen LogP contribution in [0.15, 0.2) is 18.2 Å². The van der Waals surface area contributed by atoms with Gasteiger partial charge in [-0.25, -0.2) is 4.39 Å². The van der Waals surface area contributed by atoms with Gasteiger partial charge in [0, 0.05) is 5.56 Å². The molecule has 0 saturated heterocycles. The van der Waals surface area contributed by atoms with Crippen LogP contribution in [0.2, 0.25) is 0 Å². The Morgan fingerprint density at radius 3 is 3.00 bits per heavy atom. The van der Waals surface area contributed by atoms with Crippen LogP contribution in [0.4, 0.5) is 4.39 Å². The Morgan fingerprint density at radius 1 is 1.50 bits per heavy atom. The third kappa shape index (κ3) is 1.08. The van der Waals surface area contributed by atoms with E-state index >= 15 is 0 Å². The molecule has 1 aliphatic rings. The molecular formula is C9H6BrFO. The Balaban J connectivity index is 2.56. The van der Waals surface area contributed by atoms with E-state index in [-0.39, 0.29) is 16.4 Å². The smallest absolute Gasteiger partial charge is 0.177 e. The van der Waals surface area contributed by atoms with Crippen LogP contribution < -0.4 is 0 Å². The van der Waals surface area contributed by atoms with E-state index in [2.05, 4.69) is 15.9 Å². The summed E-state index contributed by atoms with van der Waals surface area (Å²) in [5, 5.41) is 0. The number of hydrogen-bond donors (Lipinski definition) is 0. The highest BCUT2D eigenvalue weighted by atomic mass is 79.9. The lowest BCUT2D eigenvalue weighted by atomic mass is 10.1. The summed E-state index contributed by atoms with van der Waals surface area (Å²) in [7, 11) is 0. The zero-order valence-corrected chi connectivity index (χ0v) is 7.77. The number of carbonyl (C=O) groups excluding carboxylic acids is 1.